The summed E-state index contributed by atoms with van der Waals surface area (Å²) in [6.45, 7) is 0. The third-order valence-electron chi connectivity index (χ3n) is 2.26. The van der Waals surface area contributed by atoms with Gasteiger partial charge in [-0.15, -0.1) is 0 Å². The first-order valence-electron chi connectivity index (χ1n) is 5.13. The Morgan fingerprint density at radius 3 is 1.28 bits per heavy atom. The van der Waals surface area contributed by atoms with Crippen molar-refractivity contribution in [3.8, 4) is 11.5 Å². The van der Waals surface area contributed by atoms with Crippen LogP contribution >= 0.6 is 0 Å². The zero-order valence-electron chi connectivity index (χ0n) is 9.58. The van der Waals surface area contributed by atoms with E-state index in [1.54, 1.807) is 24.3 Å². The van der Waals surface area contributed by atoms with Crippen LogP contribution in [0.5, 0.6) is 11.5 Å². The second-order valence-corrected chi connectivity index (χ2v) is 3.42. The molecule has 0 bridgehead atoms. The van der Waals surface area contributed by atoms with Crippen molar-refractivity contribution >= 4 is 5.78 Å². The van der Waals surface area contributed by atoms with Crippen LogP contribution in [0.2, 0.25) is 0 Å². The number of nitrogens with two attached hydrogens (primary N) is 2. The summed E-state index contributed by atoms with van der Waals surface area (Å²) < 4.78 is 0. The van der Waals surface area contributed by atoms with E-state index in [9.17, 15) is 4.79 Å². The number of phenols is 2. The number of rotatable bonds is 2. The van der Waals surface area contributed by atoms with Crippen molar-refractivity contribution < 1.29 is 15.0 Å². The highest BCUT2D eigenvalue weighted by Crippen LogP contribution is 2.16. The van der Waals surface area contributed by atoms with Gasteiger partial charge in [-0.05, 0) is 48.5 Å². The molecule has 0 aliphatic heterocycles. The maximum Gasteiger partial charge on any atom is 0.193 e. The average molecular weight is 246 g/mol. The van der Waals surface area contributed by atoms with Gasteiger partial charge >= 0.3 is 0 Å². The van der Waals surface area contributed by atoms with Gasteiger partial charge in [0.2, 0.25) is 0 Å². The van der Waals surface area contributed by atoms with Crippen molar-refractivity contribution in [2.45, 2.75) is 0 Å². The van der Waals surface area contributed by atoms with Gasteiger partial charge in [0.1, 0.15) is 11.5 Å². The Balaban J connectivity index is 0.000000771. The summed E-state index contributed by atoms with van der Waals surface area (Å²) in [5, 5.41) is 18.2. The number of hydrogen-bond donors (Lipinski definition) is 4. The number of carbonyl (C=O) groups excluding carboxylic acids is 1. The molecule has 0 fully saturated rings. The normalized spacial score (nSPS) is 9.22. The van der Waals surface area contributed by atoms with Crippen LogP contribution in [0, 0.1) is 0 Å². The SMILES string of the molecule is NN.O=C(c1ccc(O)cc1)c1ccc(O)cc1. The molecule has 5 heteroatoms. The molecule has 2 aromatic carbocycles. The molecule has 0 radical (unpaired) electrons. The molecule has 6 N–H and O–H groups in total. The van der Waals surface area contributed by atoms with Crippen molar-refractivity contribution in [3.05, 3.63) is 59.7 Å². The number of carbonyl (C=O) groups is 1. The van der Waals surface area contributed by atoms with Crippen LogP contribution < -0.4 is 11.7 Å². The number of aromatic hydroxyl groups is 2. The van der Waals surface area contributed by atoms with E-state index < -0.39 is 0 Å². The summed E-state index contributed by atoms with van der Waals surface area (Å²) >= 11 is 0. The number of hydrogen-bond acceptors (Lipinski definition) is 5. The third kappa shape index (κ3) is 3.31. The Bertz CT molecular complexity index is 459. The van der Waals surface area contributed by atoms with Crippen LogP contribution in [-0.4, -0.2) is 16.0 Å². The first-order chi connectivity index (χ1) is 8.66. The largest absolute Gasteiger partial charge is 0.508 e. The van der Waals surface area contributed by atoms with Crippen LogP contribution in [0.25, 0.3) is 0 Å². The standard InChI is InChI=1S/C13H10O3.H4N2/c14-11-5-1-9(2-6-11)13(16)10-3-7-12(15)8-4-10;1-2/h1-8,14-15H;1-2H2. The Hall–Kier alpha value is -2.37. The van der Waals surface area contributed by atoms with Gasteiger partial charge in [-0.2, -0.15) is 0 Å². The highest BCUT2D eigenvalue weighted by molar-refractivity contribution is 6.09. The molecule has 0 aliphatic rings. The van der Waals surface area contributed by atoms with Gasteiger partial charge in [0.05, 0.1) is 0 Å². The Labute approximate surface area is 104 Å². The van der Waals surface area contributed by atoms with E-state index in [1.807, 2.05) is 0 Å². The van der Waals surface area contributed by atoms with Gasteiger partial charge < -0.3 is 10.2 Å². The molecule has 0 atom stereocenters. The second-order valence-electron chi connectivity index (χ2n) is 3.42. The fourth-order valence-electron chi connectivity index (χ4n) is 1.39. The maximum atomic E-state index is 11.9. The highest BCUT2D eigenvalue weighted by atomic mass is 16.3. The lowest BCUT2D eigenvalue weighted by Crippen LogP contribution is -2.02. The summed E-state index contributed by atoms with van der Waals surface area (Å²) in [5.41, 5.74) is 1.01. The van der Waals surface area contributed by atoms with E-state index in [0.717, 1.165) is 0 Å². The highest BCUT2D eigenvalue weighted by Gasteiger charge is 2.08. The molecule has 2 rings (SSSR count). The topological polar surface area (TPSA) is 110 Å². The molecule has 5 nitrogen and oxygen atoms in total. The Morgan fingerprint density at radius 2 is 1.00 bits per heavy atom. The fraction of sp³-hybridized carbons (Fsp3) is 0. The number of benzene rings is 2. The lowest BCUT2D eigenvalue weighted by Gasteiger charge is -2.01. The zero-order valence-corrected chi connectivity index (χ0v) is 9.58. The molecule has 0 amide bonds. The monoisotopic (exact) mass is 246 g/mol. The molecule has 0 aliphatic carbocycles. The van der Waals surface area contributed by atoms with E-state index in [1.165, 1.54) is 24.3 Å². The molecule has 0 aromatic heterocycles. The van der Waals surface area contributed by atoms with Crippen molar-refractivity contribution in [2.75, 3.05) is 0 Å². The average Bonchev–Trinajstić information content (AvgIpc) is 2.42. The van der Waals surface area contributed by atoms with E-state index in [0.29, 0.717) is 11.1 Å². The summed E-state index contributed by atoms with van der Waals surface area (Å²) in [6, 6.07) is 12.1. The summed E-state index contributed by atoms with van der Waals surface area (Å²) in [5.74, 6) is 8.12. The number of ketones is 1. The minimum atomic E-state index is -0.139. The smallest absolute Gasteiger partial charge is 0.193 e. The van der Waals surface area contributed by atoms with Gasteiger partial charge in [-0.3, -0.25) is 16.5 Å². The first kappa shape index (κ1) is 13.7. The van der Waals surface area contributed by atoms with Gasteiger partial charge in [0, 0.05) is 11.1 Å². The Kier molecular flexibility index (Phi) is 4.86. The van der Waals surface area contributed by atoms with E-state index >= 15 is 0 Å². The van der Waals surface area contributed by atoms with Crippen molar-refractivity contribution in [3.63, 3.8) is 0 Å². The molecule has 0 saturated heterocycles. The molecular formula is C13H14N2O3. The predicted octanol–water partition coefficient (Wildman–Crippen LogP) is 1.15. The van der Waals surface area contributed by atoms with E-state index in [-0.39, 0.29) is 17.3 Å². The summed E-state index contributed by atoms with van der Waals surface area (Å²) in [7, 11) is 0. The molecule has 2 aromatic rings. The van der Waals surface area contributed by atoms with Gasteiger partial charge in [-0.1, -0.05) is 0 Å². The summed E-state index contributed by atoms with van der Waals surface area (Å²) in [6.07, 6.45) is 0. The molecule has 0 unspecified atom stereocenters. The number of phenolic OH excluding ortho intramolecular Hbond substituents is 2. The minimum Gasteiger partial charge on any atom is -0.508 e. The first-order valence-corrected chi connectivity index (χ1v) is 5.13. The quantitative estimate of drug-likeness (QED) is 0.361. The van der Waals surface area contributed by atoms with Crippen molar-refractivity contribution in [1.29, 1.82) is 0 Å². The molecule has 94 valence electrons. The fourth-order valence-corrected chi connectivity index (χ4v) is 1.39. The molecule has 0 heterocycles. The molecule has 18 heavy (non-hydrogen) atoms. The maximum absolute atomic E-state index is 11.9. The van der Waals surface area contributed by atoms with E-state index in [4.69, 9.17) is 10.2 Å². The second kappa shape index (κ2) is 6.39. The number of hydrazine groups is 1. The van der Waals surface area contributed by atoms with E-state index in [2.05, 4.69) is 11.7 Å². The van der Waals surface area contributed by atoms with Gasteiger partial charge in [0.25, 0.3) is 0 Å². The van der Waals surface area contributed by atoms with Crippen molar-refractivity contribution in [1.82, 2.24) is 0 Å². The summed E-state index contributed by atoms with van der Waals surface area (Å²) in [4.78, 5) is 11.9. The van der Waals surface area contributed by atoms with Crippen LogP contribution in [0.3, 0.4) is 0 Å². The Morgan fingerprint density at radius 1 is 0.722 bits per heavy atom. The lowest BCUT2D eigenvalue weighted by molar-refractivity contribution is 0.103. The van der Waals surface area contributed by atoms with Gasteiger partial charge in [0.15, 0.2) is 5.78 Å². The van der Waals surface area contributed by atoms with Crippen LogP contribution in [0.15, 0.2) is 48.5 Å². The van der Waals surface area contributed by atoms with Crippen LogP contribution in [0.1, 0.15) is 15.9 Å². The zero-order chi connectivity index (χ0) is 13.5. The van der Waals surface area contributed by atoms with Crippen LogP contribution in [0.4, 0.5) is 0 Å². The minimum absolute atomic E-state index is 0.127. The lowest BCUT2D eigenvalue weighted by atomic mass is 10.0. The predicted molar refractivity (Wildman–Crippen MR) is 68.0 cm³/mol. The molecule has 0 saturated carbocycles. The molecular weight excluding hydrogens is 232 g/mol. The van der Waals surface area contributed by atoms with Crippen molar-refractivity contribution in [2.24, 2.45) is 11.7 Å². The molecule has 0 spiro atoms. The van der Waals surface area contributed by atoms with Gasteiger partial charge in [-0.25, -0.2) is 0 Å². The third-order valence-corrected chi connectivity index (χ3v) is 2.26. The van der Waals surface area contributed by atoms with Crippen LogP contribution in [-0.2, 0) is 0 Å².